The fraction of sp³-hybridized carbons (Fsp3) is 0.545. The van der Waals surface area contributed by atoms with E-state index in [1.165, 1.54) is 18.4 Å². The van der Waals surface area contributed by atoms with Crippen molar-refractivity contribution in [3.05, 3.63) is 53.9 Å². The summed E-state index contributed by atoms with van der Waals surface area (Å²) in [6.07, 6.45) is 12.4. The van der Waals surface area contributed by atoms with Crippen molar-refractivity contribution >= 4 is 5.91 Å². The lowest BCUT2D eigenvalue weighted by Gasteiger charge is -2.48. The Hall–Kier alpha value is -2.34. The maximum absolute atomic E-state index is 12.5. The van der Waals surface area contributed by atoms with E-state index in [4.69, 9.17) is 0 Å². The maximum Gasteiger partial charge on any atom is 0.222 e. The van der Waals surface area contributed by atoms with E-state index < -0.39 is 0 Å². The first-order chi connectivity index (χ1) is 13.7. The molecule has 2 saturated heterocycles. The van der Waals surface area contributed by atoms with E-state index in [0.29, 0.717) is 13.0 Å². The van der Waals surface area contributed by atoms with Gasteiger partial charge in [0, 0.05) is 74.8 Å². The number of likely N-dealkylation sites (tertiary alicyclic amines) is 2. The molecule has 2 aliphatic rings. The number of piperidine rings is 2. The number of hydrogen-bond acceptors (Lipinski definition) is 5. The molecule has 2 aliphatic heterocycles. The van der Waals surface area contributed by atoms with Crippen LogP contribution in [0.4, 0.5) is 0 Å². The van der Waals surface area contributed by atoms with Crippen LogP contribution in [0.3, 0.4) is 0 Å². The molecule has 1 spiro atoms. The van der Waals surface area contributed by atoms with Gasteiger partial charge >= 0.3 is 0 Å². The molecule has 0 unspecified atom stereocenters. The minimum atomic E-state index is 0.212. The quantitative estimate of drug-likeness (QED) is 0.799. The molecular weight excluding hydrogens is 350 g/mol. The molecule has 6 heteroatoms. The molecule has 0 bridgehead atoms. The predicted octanol–water partition coefficient (Wildman–Crippen LogP) is 2.84. The van der Waals surface area contributed by atoms with E-state index in [9.17, 15) is 4.79 Å². The highest BCUT2D eigenvalue weighted by atomic mass is 16.2. The highest BCUT2D eigenvalue weighted by Crippen LogP contribution is 2.39. The smallest absolute Gasteiger partial charge is 0.222 e. The third-order valence-corrected chi connectivity index (χ3v) is 6.09. The van der Waals surface area contributed by atoms with Gasteiger partial charge in [0.15, 0.2) is 0 Å². The molecule has 4 rings (SSSR count). The summed E-state index contributed by atoms with van der Waals surface area (Å²) in [4.78, 5) is 30.1. The molecule has 2 aromatic rings. The number of amides is 1. The minimum Gasteiger partial charge on any atom is -0.338 e. The van der Waals surface area contributed by atoms with Crippen LogP contribution in [0.1, 0.15) is 49.6 Å². The van der Waals surface area contributed by atoms with Crippen LogP contribution in [0.25, 0.3) is 0 Å². The summed E-state index contributed by atoms with van der Waals surface area (Å²) in [5.41, 5.74) is 2.54. The Morgan fingerprint density at radius 1 is 1.04 bits per heavy atom. The molecule has 0 aromatic carbocycles. The third kappa shape index (κ3) is 4.38. The summed E-state index contributed by atoms with van der Waals surface area (Å²) < 4.78 is 0. The number of aromatic nitrogens is 3. The van der Waals surface area contributed by atoms with Crippen LogP contribution < -0.4 is 0 Å². The fourth-order valence-electron chi connectivity index (χ4n) is 4.64. The predicted molar refractivity (Wildman–Crippen MR) is 107 cm³/mol. The van der Waals surface area contributed by atoms with Crippen molar-refractivity contribution in [2.24, 2.45) is 5.41 Å². The third-order valence-electron chi connectivity index (χ3n) is 6.09. The van der Waals surface area contributed by atoms with Gasteiger partial charge in [0.05, 0.1) is 0 Å². The Kier molecular flexibility index (Phi) is 5.67. The first-order valence-electron chi connectivity index (χ1n) is 10.3. The number of carbonyl (C=O) groups excluding carboxylic acids is 1. The summed E-state index contributed by atoms with van der Waals surface area (Å²) in [6.45, 7) is 6.67. The lowest BCUT2D eigenvalue weighted by Crippen LogP contribution is -2.53. The zero-order valence-electron chi connectivity index (χ0n) is 16.7. The van der Waals surface area contributed by atoms with Gasteiger partial charge in [-0.25, -0.2) is 9.97 Å². The monoisotopic (exact) mass is 379 g/mol. The SMILES string of the molecule is CCc1ncc(CN2CCC[C@@]3(CCC(=O)N(Cc4ccncc4)C3)C2)cn1. The van der Waals surface area contributed by atoms with Gasteiger partial charge in [-0.1, -0.05) is 6.92 Å². The number of hydrogen-bond donors (Lipinski definition) is 0. The van der Waals surface area contributed by atoms with Crippen molar-refractivity contribution in [1.29, 1.82) is 0 Å². The molecule has 6 nitrogen and oxygen atoms in total. The molecule has 1 atom stereocenters. The summed E-state index contributed by atoms with van der Waals surface area (Å²) in [7, 11) is 0. The Bertz CT molecular complexity index is 794. The number of rotatable bonds is 5. The maximum atomic E-state index is 12.5. The molecular formula is C22H29N5O. The Morgan fingerprint density at radius 2 is 1.82 bits per heavy atom. The molecule has 28 heavy (non-hydrogen) atoms. The van der Waals surface area contributed by atoms with Crippen LogP contribution in [-0.4, -0.2) is 50.3 Å². The summed E-state index contributed by atoms with van der Waals surface area (Å²) in [6, 6.07) is 4.00. The summed E-state index contributed by atoms with van der Waals surface area (Å²) >= 11 is 0. The van der Waals surface area contributed by atoms with Crippen molar-refractivity contribution in [3.63, 3.8) is 0 Å². The van der Waals surface area contributed by atoms with Crippen LogP contribution in [0, 0.1) is 5.41 Å². The highest BCUT2D eigenvalue weighted by molar-refractivity contribution is 5.77. The van der Waals surface area contributed by atoms with Gasteiger partial charge in [-0.05, 0) is 43.5 Å². The van der Waals surface area contributed by atoms with E-state index in [0.717, 1.165) is 50.4 Å². The van der Waals surface area contributed by atoms with Gasteiger partial charge in [0.2, 0.25) is 5.91 Å². The molecule has 4 heterocycles. The van der Waals surface area contributed by atoms with Crippen molar-refractivity contribution in [1.82, 2.24) is 24.8 Å². The average Bonchev–Trinajstić information content (AvgIpc) is 2.72. The van der Waals surface area contributed by atoms with Crippen molar-refractivity contribution in [2.75, 3.05) is 19.6 Å². The first-order valence-corrected chi connectivity index (χ1v) is 10.3. The lowest BCUT2D eigenvalue weighted by atomic mass is 9.73. The fourth-order valence-corrected chi connectivity index (χ4v) is 4.64. The molecule has 148 valence electrons. The van der Waals surface area contributed by atoms with E-state index >= 15 is 0 Å². The van der Waals surface area contributed by atoms with Crippen LogP contribution in [-0.2, 0) is 24.3 Å². The van der Waals surface area contributed by atoms with E-state index in [1.54, 1.807) is 12.4 Å². The molecule has 0 N–H and O–H groups in total. The van der Waals surface area contributed by atoms with E-state index in [1.807, 2.05) is 24.5 Å². The van der Waals surface area contributed by atoms with Gasteiger partial charge in [-0.2, -0.15) is 0 Å². The van der Waals surface area contributed by atoms with Crippen molar-refractivity contribution in [3.8, 4) is 0 Å². The van der Waals surface area contributed by atoms with Crippen LogP contribution >= 0.6 is 0 Å². The highest BCUT2D eigenvalue weighted by Gasteiger charge is 2.41. The van der Waals surface area contributed by atoms with Gasteiger partial charge in [-0.15, -0.1) is 0 Å². The molecule has 1 amide bonds. The topological polar surface area (TPSA) is 62.2 Å². The molecule has 2 fully saturated rings. The van der Waals surface area contributed by atoms with Crippen molar-refractivity contribution < 1.29 is 4.79 Å². The Balaban J connectivity index is 1.42. The number of carbonyl (C=O) groups is 1. The van der Waals surface area contributed by atoms with Crippen LogP contribution in [0.2, 0.25) is 0 Å². The first kappa shape index (κ1) is 19.0. The number of nitrogens with zero attached hydrogens (tertiary/aromatic N) is 5. The zero-order chi connectivity index (χ0) is 19.4. The normalized spacial score (nSPS) is 23.3. The lowest BCUT2D eigenvalue weighted by molar-refractivity contribution is -0.140. The van der Waals surface area contributed by atoms with Crippen LogP contribution in [0.5, 0.6) is 0 Å². The van der Waals surface area contributed by atoms with Crippen LogP contribution in [0.15, 0.2) is 36.9 Å². The standard InChI is InChI=1S/C22H29N5O/c1-2-20-24-12-19(13-25-20)14-26-11-3-7-22(16-26)8-4-21(28)27(17-22)15-18-5-9-23-10-6-18/h5-6,9-10,12-13H,2-4,7-8,11,14-17H2,1H3/t22-/m1/s1. The molecule has 2 aromatic heterocycles. The van der Waals surface area contributed by atoms with E-state index in [2.05, 4.69) is 31.7 Å². The van der Waals surface area contributed by atoms with Gasteiger partial charge in [-0.3, -0.25) is 14.7 Å². The second-order valence-electron chi connectivity index (χ2n) is 8.28. The second kappa shape index (κ2) is 8.35. The number of pyridine rings is 1. The second-order valence-corrected chi connectivity index (χ2v) is 8.28. The summed E-state index contributed by atoms with van der Waals surface area (Å²) in [5.74, 6) is 1.18. The van der Waals surface area contributed by atoms with Gasteiger partial charge in [0.1, 0.15) is 5.82 Å². The van der Waals surface area contributed by atoms with E-state index in [-0.39, 0.29) is 11.3 Å². The van der Waals surface area contributed by atoms with Gasteiger partial charge in [0.25, 0.3) is 0 Å². The Labute approximate surface area is 167 Å². The van der Waals surface area contributed by atoms with Gasteiger partial charge < -0.3 is 4.90 Å². The largest absolute Gasteiger partial charge is 0.338 e. The summed E-state index contributed by atoms with van der Waals surface area (Å²) in [5, 5.41) is 0. The molecule has 0 radical (unpaired) electrons. The molecule has 0 aliphatic carbocycles. The minimum absolute atomic E-state index is 0.212. The average molecular weight is 380 g/mol. The van der Waals surface area contributed by atoms with Crippen molar-refractivity contribution in [2.45, 2.75) is 52.1 Å². The molecule has 0 saturated carbocycles. The number of aryl methyl sites for hydroxylation is 1. The zero-order valence-corrected chi connectivity index (χ0v) is 16.7. The Morgan fingerprint density at radius 3 is 2.57 bits per heavy atom.